The molecule has 22 heavy (non-hydrogen) atoms. The van der Waals surface area contributed by atoms with E-state index in [0.717, 1.165) is 5.56 Å². The predicted molar refractivity (Wildman–Crippen MR) is 86.5 cm³/mol. The molecule has 1 aromatic rings. The van der Waals surface area contributed by atoms with Crippen molar-refractivity contribution in [3.05, 3.63) is 29.8 Å². The van der Waals surface area contributed by atoms with Crippen LogP contribution in [0.1, 0.15) is 5.56 Å². The fraction of sp³-hybridized carbons (Fsp3) is 0.500. The number of sulfonamides is 1. The number of nitrogens with zero attached hydrogens (tertiary/aromatic N) is 1. The zero-order valence-corrected chi connectivity index (χ0v) is 14.1. The van der Waals surface area contributed by atoms with E-state index in [-0.39, 0.29) is 16.6 Å². The van der Waals surface area contributed by atoms with Gasteiger partial charge in [0.2, 0.25) is 15.9 Å². The Kier molecular flexibility index (Phi) is 5.85. The number of amides is 1. The smallest absolute Gasteiger partial charge is 0.241 e. The standard InChI is InChI=1S/C14H20N2O4S2/c1-11-2-4-12(5-3-11)22(18,19)15-13(10-21)14(17)16-6-8-20-9-7-16/h2-5,13,15,21H,6-10H2,1H3/t13-/m0/s1. The van der Waals surface area contributed by atoms with Gasteiger partial charge in [0.1, 0.15) is 6.04 Å². The fourth-order valence-electron chi connectivity index (χ4n) is 2.14. The molecule has 1 atom stereocenters. The number of benzene rings is 1. The molecule has 1 saturated heterocycles. The molecule has 0 unspecified atom stereocenters. The molecule has 1 heterocycles. The summed E-state index contributed by atoms with van der Waals surface area (Å²) >= 11 is 4.11. The Balaban J connectivity index is 2.11. The summed E-state index contributed by atoms with van der Waals surface area (Å²) in [5, 5.41) is 0. The minimum Gasteiger partial charge on any atom is -0.378 e. The fourth-order valence-corrected chi connectivity index (χ4v) is 3.70. The van der Waals surface area contributed by atoms with E-state index in [2.05, 4.69) is 17.4 Å². The van der Waals surface area contributed by atoms with Crippen molar-refractivity contribution in [2.45, 2.75) is 17.9 Å². The van der Waals surface area contributed by atoms with Crippen LogP contribution in [0, 0.1) is 6.92 Å². The van der Waals surface area contributed by atoms with Crippen molar-refractivity contribution in [1.82, 2.24) is 9.62 Å². The highest BCUT2D eigenvalue weighted by Crippen LogP contribution is 2.12. The van der Waals surface area contributed by atoms with E-state index >= 15 is 0 Å². The molecule has 0 saturated carbocycles. The van der Waals surface area contributed by atoms with Gasteiger partial charge in [0.05, 0.1) is 18.1 Å². The zero-order chi connectivity index (χ0) is 16.2. The van der Waals surface area contributed by atoms with Gasteiger partial charge in [-0.25, -0.2) is 8.42 Å². The summed E-state index contributed by atoms with van der Waals surface area (Å²) in [7, 11) is -3.75. The van der Waals surface area contributed by atoms with E-state index in [4.69, 9.17) is 4.74 Å². The second-order valence-corrected chi connectivity index (χ2v) is 7.19. The quantitative estimate of drug-likeness (QED) is 0.760. The van der Waals surface area contributed by atoms with Gasteiger partial charge in [0.25, 0.3) is 0 Å². The molecule has 0 spiro atoms. The predicted octanol–water partition coefficient (Wildman–Crippen LogP) is 0.431. The second-order valence-electron chi connectivity index (χ2n) is 5.11. The number of rotatable bonds is 5. The second kappa shape index (κ2) is 7.45. The first-order valence-corrected chi connectivity index (χ1v) is 9.12. The van der Waals surface area contributed by atoms with Crippen molar-refractivity contribution in [2.75, 3.05) is 32.1 Å². The van der Waals surface area contributed by atoms with Crippen LogP contribution in [0.4, 0.5) is 0 Å². The van der Waals surface area contributed by atoms with E-state index < -0.39 is 16.1 Å². The van der Waals surface area contributed by atoms with Gasteiger partial charge in [-0.05, 0) is 19.1 Å². The highest BCUT2D eigenvalue weighted by Gasteiger charge is 2.29. The molecule has 1 fully saturated rings. The van der Waals surface area contributed by atoms with Crippen molar-refractivity contribution in [2.24, 2.45) is 0 Å². The zero-order valence-electron chi connectivity index (χ0n) is 12.4. The molecule has 122 valence electrons. The maximum atomic E-state index is 12.4. The number of thiol groups is 1. The molecule has 1 aliphatic heterocycles. The number of ether oxygens (including phenoxy) is 1. The van der Waals surface area contributed by atoms with Crippen LogP contribution in [-0.4, -0.2) is 57.3 Å². The third-order valence-electron chi connectivity index (χ3n) is 3.43. The lowest BCUT2D eigenvalue weighted by atomic mass is 10.2. The van der Waals surface area contributed by atoms with Gasteiger partial charge in [-0.15, -0.1) is 0 Å². The molecule has 0 aliphatic carbocycles. The number of carbonyl (C=O) groups excluding carboxylic acids is 1. The van der Waals surface area contributed by atoms with Crippen LogP contribution in [-0.2, 0) is 19.6 Å². The highest BCUT2D eigenvalue weighted by atomic mass is 32.2. The average molecular weight is 344 g/mol. The van der Waals surface area contributed by atoms with Crippen LogP contribution < -0.4 is 4.72 Å². The number of morpholine rings is 1. The van der Waals surface area contributed by atoms with Crippen LogP contribution in [0.15, 0.2) is 29.2 Å². The van der Waals surface area contributed by atoms with Crippen LogP contribution in [0.2, 0.25) is 0 Å². The molecule has 0 radical (unpaired) electrons. The number of hydrogen-bond acceptors (Lipinski definition) is 5. The van der Waals surface area contributed by atoms with Crippen molar-refractivity contribution < 1.29 is 17.9 Å². The summed E-state index contributed by atoms with van der Waals surface area (Å²) < 4.78 is 32.4. The van der Waals surface area contributed by atoms with E-state index in [1.807, 2.05) is 6.92 Å². The van der Waals surface area contributed by atoms with Gasteiger partial charge >= 0.3 is 0 Å². The van der Waals surface area contributed by atoms with E-state index in [1.165, 1.54) is 12.1 Å². The van der Waals surface area contributed by atoms with Gasteiger partial charge in [-0.2, -0.15) is 17.4 Å². The lowest BCUT2D eigenvalue weighted by Crippen LogP contribution is -2.52. The lowest BCUT2D eigenvalue weighted by molar-refractivity contribution is -0.136. The largest absolute Gasteiger partial charge is 0.378 e. The van der Waals surface area contributed by atoms with Gasteiger partial charge in [0.15, 0.2) is 0 Å². The maximum absolute atomic E-state index is 12.4. The normalized spacial score (nSPS) is 17.3. The van der Waals surface area contributed by atoms with Crippen molar-refractivity contribution >= 4 is 28.6 Å². The monoisotopic (exact) mass is 344 g/mol. The van der Waals surface area contributed by atoms with Gasteiger partial charge in [-0.3, -0.25) is 4.79 Å². The molecule has 1 N–H and O–H groups in total. The van der Waals surface area contributed by atoms with E-state index in [9.17, 15) is 13.2 Å². The lowest BCUT2D eigenvalue weighted by Gasteiger charge is -2.30. The van der Waals surface area contributed by atoms with E-state index in [1.54, 1.807) is 17.0 Å². The molecule has 6 nitrogen and oxygen atoms in total. The Morgan fingerprint density at radius 3 is 2.45 bits per heavy atom. The number of carbonyl (C=O) groups is 1. The average Bonchev–Trinajstić information content (AvgIpc) is 2.53. The van der Waals surface area contributed by atoms with Crippen LogP contribution in [0.5, 0.6) is 0 Å². The SMILES string of the molecule is Cc1ccc(S(=O)(=O)N[C@@H](CS)C(=O)N2CCOCC2)cc1. The summed E-state index contributed by atoms with van der Waals surface area (Å²) in [4.78, 5) is 14.1. The van der Waals surface area contributed by atoms with Gasteiger partial charge in [-0.1, -0.05) is 17.7 Å². The van der Waals surface area contributed by atoms with Crippen LogP contribution in [0.25, 0.3) is 0 Å². The first-order chi connectivity index (χ1) is 10.4. The Hall–Kier alpha value is -1.09. The molecule has 0 aromatic heterocycles. The number of nitrogens with one attached hydrogen (secondary N) is 1. The minimum absolute atomic E-state index is 0.0985. The molecule has 0 bridgehead atoms. The third-order valence-corrected chi connectivity index (χ3v) is 5.28. The van der Waals surface area contributed by atoms with Crippen LogP contribution in [0.3, 0.4) is 0 Å². The van der Waals surface area contributed by atoms with Crippen molar-refractivity contribution in [3.63, 3.8) is 0 Å². The van der Waals surface area contributed by atoms with Crippen LogP contribution >= 0.6 is 12.6 Å². The Morgan fingerprint density at radius 1 is 1.32 bits per heavy atom. The molecule has 1 aromatic carbocycles. The minimum atomic E-state index is -3.75. The molecule has 8 heteroatoms. The van der Waals surface area contributed by atoms with Crippen molar-refractivity contribution in [3.8, 4) is 0 Å². The molecule has 1 amide bonds. The molecular formula is C14H20N2O4S2. The van der Waals surface area contributed by atoms with Gasteiger partial charge in [0, 0.05) is 18.8 Å². The molecule has 1 aliphatic rings. The summed E-state index contributed by atoms with van der Waals surface area (Å²) in [5.41, 5.74) is 0.967. The molecular weight excluding hydrogens is 324 g/mol. The van der Waals surface area contributed by atoms with Gasteiger partial charge < -0.3 is 9.64 Å². The van der Waals surface area contributed by atoms with Crippen molar-refractivity contribution in [1.29, 1.82) is 0 Å². The topological polar surface area (TPSA) is 75.7 Å². The number of aryl methyl sites for hydroxylation is 1. The summed E-state index contributed by atoms with van der Waals surface area (Å²) in [6.07, 6.45) is 0. The van der Waals surface area contributed by atoms with E-state index in [0.29, 0.717) is 26.3 Å². The first-order valence-electron chi connectivity index (χ1n) is 7.00. The first kappa shape index (κ1) is 17.3. The summed E-state index contributed by atoms with van der Waals surface area (Å²) in [5.74, 6) is -0.171. The molecule has 2 rings (SSSR count). The maximum Gasteiger partial charge on any atom is 0.241 e. The summed E-state index contributed by atoms with van der Waals surface area (Å²) in [6.45, 7) is 3.75. The Bertz CT molecular complexity index is 610. The third kappa shape index (κ3) is 4.22. The highest BCUT2D eigenvalue weighted by molar-refractivity contribution is 7.89. The summed E-state index contributed by atoms with van der Waals surface area (Å²) in [6, 6.07) is 5.59. The number of hydrogen-bond donors (Lipinski definition) is 2. The Morgan fingerprint density at radius 2 is 1.91 bits per heavy atom. The Labute approximate surface area is 136 Å².